The predicted octanol–water partition coefficient (Wildman–Crippen LogP) is 6.06. The van der Waals surface area contributed by atoms with Gasteiger partial charge in [-0.25, -0.2) is 4.39 Å². The zero-order chi connectivity index (χ0) is 16.2. The lowest BCUT2D eigenvalue weighted by Crippen LogP contribution is -2.08. The highest BCUT2D eigenvalue weighted by atomic mass is 19.4. The number of allylic oxidation sites excluding steroid dienone is 1. The molecule has 0 N–H and O–H groups in total. The monoisotopic (exact) mass is 300 g/mol. The van der Waals surface area contributed by atoms with Gasteiger partial charge >= 0.3 is 12.3 Å². The van der Waals surface area contributed by atoms with Crippen molar-refractivity contribution in [3.05, 3.63) is 67.3 Å². The zero-order valence-corrected chi connectivity index (χ0v) is 10.1. The SMILES string of the molecule is C=CF.C=Cc1ccccc1.FC(F)=C(F)C(F)(F)F. The summed E-state index contributed by atoms with van der Waals surface area (Å²) >= 11 is 0. The maximum absolute atomic E-state index is 11.0. The van der Waals surface area contributed by atoms with Crippen molar-refractivity contribution in [2.45, 2.75) is 6.18 Å². The van der Waals surface area contributed by atoms with Crippen LogP contribution in [-0.4, -0.2) is 6.18 Å². The Morgan fingerprint density at radius 2 is 1.35 bits per heavy atom. The quantitative estimate of drug-likeness (QED) is 0.553. The minimum absolute atomic E-state index is 0.250. The number of benzene rings is 1. The Hall–Kier alpha value is -2.05. The second kappa shape index (κ2) is 10.8. The second-order valence-electron chi connectivity index (χ2n) is 2.84. The van der Waals surface area contributed by atoms with E-state index in [9.17, 15) is 30.7 Å². The van der Waals surface area contributed by atoms with E-state index in [0.717, 1.165) is 0 Å². The summed E-state index contributed by atoms with van der Waals surface area (Å²) in [5, 5.41) is 0. The molecule has 1 aromatic rings. The van der Waals surface area contributed by atoms with Crippen LogP contribution in [0.3, 0.4) is 0 Å². The molecule has 0 aliphatic rings. The number of alkyl halides is 3. The molecular weight excluding hydrogens is 289 g/mol. The molecule has 0 heterocycles. The second-order valence-corrected chi connectivity index (χ2v) is 2.84. The van der Waals surface area contributed by atoms with Crippen LogP contribution in [0.25, 0.3) is 6.08 Å². The first-order valence-corrected chi connectivity index (χ1v) is 4.87. The number of hydrogen-bond donors (Lipinski definition) is 0. The lowest BCUT2D eigenvalue weighted by atomic mass is 10.2. The van der Waals surface area contributed by atoms with Crippen molar-refractivity contribution < 1.29 is 30.7 Å². The first-order chi connectivity index (χ1) is 9.20. The Kier molecular flexibility index (Phi) is 11.0. The lowest BCUT2D eigenvalue weighted by molar-refractivity contribution is -0.113. The third-order valence-corrected chi connectivity index (χ3v) is 1.45. The van der Waals surface area contributed by atoms with Gasteiger partial charge in [0.25, 0.3) is 5.83 Å². The summed E-state index contributed by atoms with van der Waals surface area (Å²) in [7, 11) is 0. The predicted molar refractivity (Wildman–Crippen MR) is 64.2 cm³/mol. The van der Waals surface area contributed by atoms with E-state index in [1.54, 1.807) is 0 Å². The van der Waals surface area contributed by atoms with Crippen molar-refractivity contribution in [2.24, 2.45) is 0 Å². The standard InChI is InChI=1S/C8H8.C3F6.C2H3F/c1-2-8-6-4-3-5-7-8;4-1(2(5)6)3(7,8)9;1-2-3/h2-7H,1H2;;2H,1H2. The molecule has 1 rings (SSSR count). The molecule has 0 spiro atoms. The van der Waals surface area contributed by atoms with Crippen molar-refractivity contribution in [1.29, 1.82) is 0 Å². The smallest absolute Gasteiger partial charge is 0.216 e. The largest absolute Gasteiger partial charge is 0.448 e. The summed E-state index contributed by atoms with van der Waals surface area (Å²) < 4.78 is 74.9. The first-order valence-electron chi connectivity index (χ1n) is 4.87. The number of rotatable bonds is 1. The van der Waals surface area contributed by atoms with Gasteiger partial charge in [0.2, 0.25) is 0 Å². The van der Waals surface area contributed by atoms with Gasteiger partial charge in [-0.15, -0.1) is 0 Å². The minimum atomic E-state index is -5.56. The molecule has 112 valence electrons. The van der Waals surface area contributed by atoms with Crippen molar-refractivity contribution in [3.8, 4) is 0 Å². The molecule has 0 aliphatic carbocycles. The van der Waals surface area contributed by atoms with Gasteiger partial charge in [-0.3, -0.25) is 0 Å². The van der Waals surface area contributed by atoms with Gasteiger partial charge in [-0.1, -0.05) is 49.6 Å². The van der Waals surface area contributed by atoms with Crippen LogP contribution in [0.1, 0.15) is 5.56 Å². The van der Waals surface area contributed by atoms with Crippen LogP contribution in [0.15, 0.2) is 61.7 Å². The highest BCUT2D eigenvalue weighted by Crippen LogP contribution is 2.29. The van der Waals surface area contributed by atoms with Crippen molar-refractivity contribution in [2.75, 3.05) is 0 Å². The van der Waals surface area contributed by atoms with Crippen LogP contribution in [0.4, 0.5) is 30.7 Å². The van der Waals surface area contributed by atoms with E-state index in [1.165, 1.54) is 5.56 Å². The van der Waals surface area contributed by atoms with E-state index in [0.29, 0.717) is 0 Å². The highest BCUT2D eigenvalue weighted by molar-refractivity contribution is 5.45. The topological polar surface area (TPSA) is 0 Å². The fourth-order valence-corrected chi connectivity index (χ4v) is 0.696. The molecule has 0 aromatic heterocycles. The summed E-state index contributed by atoms with van der Waals surface area (Å²) in [5.41, 5.74) is 1.17. The first kappa shape index (κ1) is 20.3. The van der Waals surface area contributed by atoms with E-state index in [4.69, 9.17) is 0 Å². The van der Waals surface area contributed by atoms with E-state index in [1.807, 2.05) is 36.4 Å². The van der Waals surface area contributed by atoms with E-state index >= 15 is 0 Å². The lowest BCUT2D eigenvalue weighted by Gasteiger charge is -1.98. The van der Waals surface area contributed by atoms with Gasteiger partial charge in [-0.2, -0.15) is 26.3 Å². The van der Waals surface area contributed by atoms with Gasteiger partial charge in [0.15, 0.2) is 0 Å². The molecule has 0 nitrogen and oxygen atoms in total. The Labute approximate surface area is 111 Å². The van der Waals surface area contributed by atoms with Gasteiger partial charge in [0.1, 0.15) is 0 Å². The Bertz CT molecular complexity index is 414. The van der Waals surface area contributed by atoms with E-state index in [-0.39, 0.29) is 6.33 Å². The molecule has 1 aromatic carbocycles. The van der Waals surface area contributed by atoms with E-state index in [2.05, 4.69) is 13.2 Å². The molecule has 0 bridgehead atoms. The highest BCUT2D eigenvalue weighted by Gasteiger charge is 2.38. The van der Waals surface area contributed by atoms with Gasteiger partial charge in [0.05, 0.1) is 6.33 Å². The Morgan fingerprint density at radius 1 is 0.950 bits per heavy atom. The molecule has 7 heteroatoms. The summed E-state index contributed by atoms with van der Waals surface area (Å²) in [6, 6.07) is 10.0. The summed E-state index contributed by atoms with van der Waals surface area (Å²) in [6.07, 6.45) is -6.82. The molecule has 0 saturated carbocycles. The molecule has 0 unspecified atom stereocenters. The Morgan fingerprint density at radius 3 is 1.50 bits per heavy atom. The van der Waals surface area contributed by atoms with Crippen LogP contribution < -0.4 is 0 Å². The maximum Gasteiger partial charge on any atom is 0.448 e. The average Bonchev–Trinajstić information content (AvgIpc) is 2.39. The van der Waals surface area contributed by atoms with Gasteiger partial charge in [-0.05, 0) is 5.56 Å². The molecular formula is C13H11F7. The molecule has 0 saturated heterocycles. The third-order valence-electron chi connectivity index (χ3n) is 1.45. The molecule has 0 radical (unpaired) electrons. The molecule has 0 atom stereocenters. The molecule has 0 amide bonds. The summed E-state index contributed by atoms with van der Waals surface area (Å²) in [5.74, 6) is -3.33. The van der Waals surface area contributed by atoms with Crippen LogP contribution in [0.2, 0.25) is 0 Å². The van der Waals surface area contributed by atoms with Crippen molar-refractivity contribution in [3.63, 3.8) is 0 Å². The molecule has 0 fully saturated rings. The van der Waals surface area contributed by atoms with Crippen LogP contribution in [0, 0.1) is 0 Å². The van der Waals surface area contributed by atoms with Gasteiger partial charge in [0, 0.05) is 0 Å². The van der Waals surface area contributed by atoms with Crippen LogP contribution in [-0.2, 0) is 0 Å². The van der Waals surface area contributed by atoms with Gasteiger partial charge < -0.3 is 0 Å². The van der Waals surface area contributed by atoms with Crippen LogP contribution in [0.5, 0.6) is 0 Å². The molecule has 20 heavy (non-hydrogen) atoms. The average molecular weight is 300 g/mol. The van der Waals surface area contributed by atoms with Crippen molar-refractivity contribution in [1.82, 2.24) is 0 Å². The summed E-state index contributed by atoms with van der Waals surface area (Å²) in [4.78, 5) is 0. The Balaban J connectivity index is 0. The fourth-order valence-electron chi connectivity index (χ4n) is 0.696. The molecule has 0 aliphatic heterocycles. The fraction of sp³-hybridized carbons (Fsp3) is 0.0769. The zero-order valence-electron chi connectivity index (χ0n) is 10.1. The number of hydrogen-bond acceptors (Lipinski definition) is 0. The minimum Gasteiger partial charge on any atom is -0.216 e. The normalized spacial score (nSPS) is 9.15. The van der Waals surface area contributed by atoms with Crippen molar-refractivity contribution >= 4 is 6.08 Å². The summed E-state index contributed by atoms with van der Waals surface area (Å²) in [6.45, 7) is 6.33. The van der Waals surface area contributed by atoms with Crippen LogP contribution >= 0.6 is 0 Å². The number of halogens is 7. The van der Waals surface area contributed by atoms with E-state index < -0.39 is 18.1 Å². The third kappa shape index (κ3) is 11.1. The maximum atomic E-state index is 11.0.